The summed E-state index contributed by atoms with van der Waals surface area (Å²) in [4.78, 5) is 12.9. The van der Waals surface area contributed by atoms with Crippen LogP contribution >= 0.6 is 23.1 Å². The van der Waals surface area contributed by atoms with Gasteiger partial charge in [-0.25, -0.2) is 4.79 Å². The maximum Gasteiger partial charge on any atom is 0.336 e. The molecule has 0 aliphatic heterocycles. The van der Waals surface area contributed by atoms with Crippen molar-refractivity contribution in [2.75, 3.05) is 0 Å². The summed E-state index contributed by atoms with van der Waals surface area (Å²) in [5.74, 6) is 0.621. The normalized spacial score (nSPS) is 11.8. The average Bonchev–Trinajstić information content (AvgIpc) is 3.20. The van der Waals surface area contributed by atoms with Crippen LogP contribution < -0.4 is 5.63 Å². The van der Waals surface area contributed by atoms with Crippen molar-refractivity contribution < 1.29 is 4.42 Å². The Labute approximate surface area is 162 Å². The minimum Gasteiger partial charge on any atom is -0.423 e. The first-order valence-corrected chi connectivity index (χ1v) is 10.3. The Balaban J connectivity index is 1.58. The number of thioether (sulfide) groups is 1. The lowest BCUT2D eigenvalue weighted by Gasteiger charge is -2.07. The predicted molar refractivity (Wildman–Crippen MR) is 110 cm³/mol. The molecular formula is C20H15N3O2S2. The molecule has 0 radical (unpaired) electrons. The molecule has 5 rings (SSSR count). The summed E-state index contributed by atoms with van der Waals surface area (Å²) >= 11 is 3.20. The standard InChI is InChI=1S/C20H15N3O2S2/c1-11-7-14-13(9-18(24)25-16(14)8-12(11)2)10-26-19-21-22-20-23(19)15-5-3-4-6-17(15)27-20/h3-9H,10H2,1-2H3. The highest BCUT2D eigenvalue weighted by Crippen LogP contribution is 2.32. The first-order valence-electron chi connectivity index (χ1n) is 8.49. The number of benzene rings is 2. The number of rotatable bonds is 3. The number of aromatic nitrogens is 3. The summed E-state index contributed by atoms with van der Waals surface area (Å²) in [6.45, 7) is 4.08. The van der Waals surface area contributed by atoms with Crippen LogP contribution in [0.5, 0.6) is 0 Å². The van der Waals surface area contributed by atoms with Crippen LogP contribution in [0.25, 0.3) is 26.1 Å². The zero-order valence-electron chi connectivity index (χ0n) is 14.7. The van der Waals surface area contributed by atoms with E-state index in [0.29, 0.717) is 11.3 Å². The fraction of sp³-hybridized carbons (Fsp3) is 0.150. The van der Waals surface area contributed by atoms with Crippen LogP contribution in [0.2, 0.25) is 0 Å². The number of thiazole rings is 1. The number of para-hydroxylation sites is 1. The van der Waals surface area contributed by atoms with Crippen molar-refractivity contribution in [2.45, 2.75) is 24.8 Å². The van der Waals surface area contributed by atoms with Gasteiger partial charge in [0.2, 0.25) is 4.96 Å². The number of fused-ring (bicyclic) bond motifs is 4. The third-order valence-electron chi connectivity index (χ3n) is 4.71. The van der Waals surface area contributed by atoms with E-state index in [4.69, 9.17) is 4.42 Å². The Hall–Kier alpha value is -2.64. The van der Waals surface area contributed by atoms with E-state index in [1.54, 1.807) is 29.2 Å². The molecule has 5 nitrogen and oxygen atoms in total. The SMILES string of the molecule is Cc1cc2oc(=O)cc(CSc3nnc4sc5ccccc5n34)c2cc1C. The molecule has 0 amide bonds. The minimum atomic E-state index is -0.325. The van der Waals surface area contributed by atoms with Gasteiger partial charge in [-0.3, -0.25) is 4.40 Å². The van der Waals surface area contributed by atoms with Crippen LogP contribution in [0.4, 0.5) is 0 Å². The van der Waals surface area contributed by atoms with Crippen LogP contribution in [0.1, 0.15) is 16.7 Å². The summed E-state index contributed by atoms with van der Waals surface area (Å²) in [6.07, 6.45) is 0. The van der Waals surface area contributed by atoms with Gasteiger partial charge in [-0.1, -0.05) is 35.2 Å². The summed E-state index contributed by atoms with van der Waals surface area (Å²) in [7, 11) is 0. The molecule has 0 spiro atoms. The van der Waals surface area contributed by atoms with Gasteiger partial charge in [-0.15, -0.1) is 10.2 Å². The average molecular weight is 393 g/mol. The molecule has 0 bridgehead atoms. The van der Waals surface area contributed by atoms with Crippen molar-refractivity contribution in [1.82, 2.24) is 14.6 Å². The maximum absolute atomic E-state index is 12.0. The molecule has 0 saturated carbocycles. The fourth-order valence-electron chi connectivity index (χ4n) is 3.19. The van der Waals surface area contributed by atoms with E-state index in [-0.39, 0.29) is 5.63 Å². The predicted octanol–water partition coefficient (Wildman–Crippen LogP) is 4.96. The highest BCUT2D eigenvalue weighted by Gasteiger charge is 2.14. The number of aryl methyl sites for hydroxylation is 2. The topological polar surface area (TPSA) is 60.4 Å². The minimum absolute atomic E-state index is 0.325. The summed E-state index contributed by atoms with van der Waals surface area (Å²) in [5, 5.41) is 10.4. The molecule has 2 aromatic carbocycles. The molecule has 3 heterocycles. The van der Waals surface area contributed by atoms with Crippen LogP contribution in [-0.4, -0.2) is 14.6 Å². The molecule has 0 N–H and O–H groups in total. The maximum atomic E-state index is 12.0. The summed E-state index contributed by atoms with van der Waals surface area (Å²) < 4.78 is 8.65. The molecule has 0 aliphatic rings. The van der Waals surface area contributed by atoms with Crippen LogP contribution in [0.3, 0.4) is 0 Å². The van der Waals surface area contributed by atoms with E-state index < -0.39 is 0 Å². The van der Waals surface area contributed by atoms with Gasteiger partial charge in [0.05, 0.1) is 10.2 Å². The van der Waals surface area contributed by atoms with E-state index in [1.165, 1.54) is 10.3 Å². The Kier molecular flexibility index (Phi) is 3.80. The van der Waals surface area contributed by atoms with E-state index in [0.717, 1.165) is 32.1 Å². The van der Waals surface area contributed by atoms with E-state index in [2.05, 4.69) is 39.7 Å². The molecular weight excluding hydrogens is 378 g/mol. The number of nitrogens with zero attached hydrogens (tertiary/aromatic N) is 3. The highest BCUT2D eigenvalue weighted by atomic mass is 32.2. The van der Waals surface area contributed by atoms with Crippen molar-refractivity contribution in [1.29, 1.82) is 0 Å². The van der Waals surface area contributed by atoms with Crippen molar-refractivity contribution >= 4 is 49.2 Å². The van der Waals surface area contributed by atoms with Crippen molar-refractivity contribution in [3.63, 3.8) is 0 Å². The Morgan fingerprint density at radius 2 is 1.93 bits per heavy atom. The second kappa shape index (κ2) is 6.21. The molecule has 0 atom stereocenters. The number of hydrogen-bond donors (Lipinski definition) is 0. The Morgan fingerprint density at radius 1 is 1.11 bits per heavy atom. The molecule has 0 saturated heterocycles. The highest BCUT2D eigenvalue weighted by molar-refractivity contribution is 7.98. The lowest BCUT2D eigenvalue weighted by atomic mass is 10.0. The van der Waals surface area contributed by atoms with E-state index in [1.807, 2.05) is 25.1 Å². The zero-order valence-corrected chi connectivity index (χ0v) is 16.4. The van der Waals surface area contributed by atoms with Crippen LogP contribution in [0.15, 0.2) is 56.8 Å². The molecule has 3 aromatic heterocycles. The third kappa shape index (κ3) is 2.74. The smallest absolute Gasteiger partial charge is 0.336 e. The quantitative estimate of drug-likeness (QED) is 0.320. The molecule has 0 aliphatic carbocycles. The van der Waals surface area contributed by atoms with Crippen molar-refractivity contribution in [2.24, 2.45) is 0 Å². The van der Waals surface area contributed by atoms with Crippen molar-refractivity contribution in [3.8, 4) is 0 Å². The summed E-state index contributed by atoms with van der Waals surface area (Å²) in [5.41, 5.74) is 4.65. The van der Waals surface area contributed by atoms with Gasteiger partial charge in [-0.05, 0) is 54.8 Å². The van der Waals surface area contributed by atoms with Gasteiger partial charge in [0.25, 0.3) is 0 Å². The lowest BCUT2D eigenvalue weighted by Crippen LogP contribution is -2.01. The summed E-state index contributed by atoms with van der Waals surface area (Å²) in [6, 6.07) is 13.8. The van der Waals surface area contributed by atoms with Gasteiger partial charge in [-0.2, -0.15) is 0 Å². The first-order chi connectivity index (χ1) is 13.1. The van der Waals surface area contributed by atoms with Crippen LogP contribution in [0, 0.1) is 13.8 Å². The van der Waals surface area contributed by atoms with Gasteiger partial charge in [0.1, 0.15) is 5.58 Å². The number of hydrogen-bond acceptors (Lipinski definition) is 6. The Bertz CT molecular complexity index is 1380. The second-order valence-electron chi connectivity index (χ2n) is 6.48. The molecule has 0 unspecified atom stereocenters. The lowest BCUT2D eigenvalue weighted by molar-refractivity contribution is 0.559. The van der Waals surface area contributed by atoms with Crippen molar-refractivity contribution in [3.05, 3.63) is 69.6 Å². The van der Waals surface area contributed by atoms with E-state index >= 15 is 0 Å². The molecule has 27 heavy (non-hydrogen) atoms. The largest absolute Gasteiger partial charge is 0.423 e. The Morgan fingerprint density at radius 3 is 2.81 bits per heavy atom. The van der Waals surface area contributed by atoms with Gasteiger partial charge in [0, 0.05) is 17.2 Å². The van der Waals surface area contributed by atoms with Gasteiger partial charge in [0.15, 0.2) is 5.16 Å². The van der Waals surface area contributed by atoms with Gasteiger partial charge >= 0.3 is 5.63 Å². The molecule has 5 aromatic rings. The second-order valence-corrected chi connectivity index (χ2v) is 8.43. The van der Waals surface area contributed by atoms with Crippen LogP contribution in [-0.2, 0) is 5.75 Å². The van der Waals surface area contributed by atoms with Gasteiger partial charge < -0.3 is 4.42 Å². The molecule has 134 valence electrons. The molecule has 0 fully saturated rings. The first kappa shape index (κ1) is 16.5. The zero-order chi connectivity index (χ0) is 18.5. The molecule has 7 heteroatoms. The van der Waals surface area contributed by atoms with E-state index in [9.17, 15) is 4.79 Å². The fourth-order valence-corrected chi connectivity index (χ4v) is 5.15. The monoisotopic (exact) mass is 393 g/mol. The third-order valence-corrected chi connectivity index (χ3v) is 6.70.